The highest BCUT2D eigenvalue weighted by Crippen LogP contribution is 2.44. The van der Waals surface area contributed by atoms with Crippen LogP contribution in [-0.4, -0.2) is 35.2 Å². The Bertz CT molecular complexity index is 1200. The van der Waals surface area contributed by atoms with Gasteiger partial charge in [0.2, 0.25) is 5.91 Å². The van der Waals surface area contributed by atoms with Crippen LogP contribution in [0.1, 0.15) is 48.9 Å². The third-order valence-electron chi connectivity index (χ3n) is 6.58. The molecule has 35 heavy (non-hydrogen) atoms. The molecule has 0 heterocycles. The molecule has 3 aromatic rings. The number of nitrogens with one attached hydrogen (secondary N) is 2. The number of benzene rings is 3. The van der Waals surface area contributed by atoms with Crippen LogP contribution < -0.4 is 10.6 Å². The van der Waals surface area contributed by atoms with Crippen molar-refractivity contribution in [3.8, 4) is 11.1 Å². The maximum absolute atomic E-state index is 13.1. The van der Waals surface area contributed by atoms with Crippen molar-refractivity contribution >= 4 is 18.0 Å². The molecule has 0 aliphatic heterocycles. The van der Waals surface area contributed by atoms with E-state index < -0.39 is 29.6 Å². The summed E-state index contributed by atoms with van der Waals surface area (Å²) in [5.74, 6) is -1.90. The first kappa shape index (κ1) is 24.0. The normalized spacial score (nSPS) is 14.7. The quantitative estimate of drug-likeness (QED) is 0.443. The first-order chi connectivity index (χ1) is 16.8. The summed E-state index contributed by atoms with van der Waals surface area (Å²) in [5.41, 5.74) is 3.45. The van der Waals surface area contributed by atoms with Gasteiger partial charge in [0.15, 0.2) is 0 Å². The number of carboxylic acids is 1. The average Bonchev–Trinajstić information content (AvgIpc) is 3.20. The second-order valence-corrected chi connectivity index (χ2v) is 8.79. The highest BCUT2D eigenvalue weighted by atomic mass is 16.5. The molecule has 1 aliphatic rings. The van der Waals surface area contributed by atoms with E-state index in [0.717, 1.165) is 22.3 Å². The predicted octanol–water partition coefficient (Wildman–Crippen LogP) is 4.64. The van der Waals surface area contributed by atoms with Gasteiger partial charge in [-0.25, -0.2) is 9.59 Å². The van der Waals surface area contributed by atoms with Crippen LogP contribution in [0.5, 0.6) is 0 Å². The standard InChI is InChI=1S/C28H28N2O5/c1-3-28(2,26(32)33)30-25(31)24(18-11-5-4-6-12-18)29-27(34)35-17-23-21-15-9-7-13-19(21)20-14-8-10-16-22(20)23/h4-16,23-24H,3,17H2,1-2H3,(H,29,34)(H,30,31)(H,32,33). The van der Waals surface area contributed by atoms with Crippen molar-refractivity contribution in [2.45, 2.75) is 37.8 Å². The van der Waals surface area contributed by atoms with E-state index >= 15 is 0 Å². The van der Waals surface area contributed by atoms with Gasteiger partial charge in [0, 0.05) is 5.92 Å². The monoisotopic (exact) mass is 472 g/mol. The SMILES string of the molecule is CCC(C)(NC(=O)C(NC(=O)OCC1c2ccccc2-c2ccccc21)c1ccccc1)C(=O)O. The molecule has 2 unspecified atom stereocenters. The van der Waals surface area contributed by atoms with Gasteiger partial charge in [-0.2, -0.15) is 0 Å². The van der Waals surface area contributed by atoms with Crippen LogP contribution in [0, 0.1) is 0 Å². The van der Waals surface area contributed by atoms with Crippen molar-refractivity contribution in [3.05, 3.63) is 95.6 Å². The summed E-state index contributed by atoms with van der Waals surface area (Å²) >= 11 is 0. The number of fused-ring (bicyclic) bond motifs is 3. The Hall–Kier alpha value is -4.13. The summed E-state index contributed by atoms with van der Waals surface area (Å²) in [4.78, 5) is 37.6. The molecule has 0 aromatic heterocycles. The van der Waals surface area contributed by atoms with E-state index in [1.54, 1.807) is 37.3 Å². The van der Waals surface area contributed by atoms with Gasteiger partial charge >= 0.3 is 12.1 Å². The molecule has 4 rings (SSSR count). The zero-order valence-corrected chi connectivity index (χ0v) is 19.7. The summed E-state index contributed by atoms with van der Waals surface area (Å²) in [6, 6.07) is 23.6. The maximum Gasteiger partial charge on any atom is 0.408 e. The number of amides is 2. The zero-order chi connectivity index (χ0) is 25.0. The molecule has 3 aromatic carbocycles. The second kappa shape index (κ2) is 10.0. The Morgan fingerprint density at radius 2 is 1.46 bits per heavy atom. The number of carbonyl (C=O) groups is 3. The topological polar surface area (TPSA) is 105 Å². The number of hydrogen-bond donors (Lipinski definition) is 3. The minimum atomic E-state index is -1.47. The van der Waals surface area contributed by atoms with E-state index in [0.29, 0.717) is 5.56 Å². The van der Waals surface area contributed by atoms with E-state index in [-0.39, 0.29) is 18.9 Å². The van der Waals surface area contributed by atoms with Crippen LogP contribution in [0.3, 0.4) is 0 Å². The van der Waals surface area contributed by atoms with Crippen LogP contribution >= 0.6 is 0 Å². The van der Waals surface area contributed by atoms with Gasteiger partial charge in [-0.05, 0) is 41.2 Å². The van der Waals surface area contributed by atoms with Gasteiger partial charge in [0.1, 0.15) is 18.2 Å². The minimum absolute atomic E-state index is 0.102. The lowest BCUT2D eigenvalue weighted by molar-refractivity contribution is -0.147. The lowest BCUT2D eigenvalue weighted by Gasteiger charge is -2.28. The molecular formula is C28H28N2O5. The van der Waals surface area contributed by atoms with Crippen LogP contribution in [0.15, 0.2) is 78.9 Å². The molecule has 3 N–H and O–H groups in total. The van der Waals surface area contributed by atoms with Gasteiger partial charge < -0.3 is 20.5 Å². The van der Waals surface area contributed by atoms with Crippen molar-refractivity contribution in [3.63, 3.8) is 0 Å². The predicted molar refractivity (Wildman–Crippen MR) is 132 cm³/mol. The largest absolute Gasteiger partial charge is 0.480 e. The van der Waals surface area contributed by atoms with Crippen molar-refractivity contribution < 1.29 is 24.2 Å². The van der Waals surface area contributed by atoms with Gasteiger partial charge in [0.25, 0.3) is 0 Å². The number of carboxylic acid groups (broad SMARTS) is 1. The lowest BCUT2D eigenvalue weighted by Crippen LogP contribution is -2.55. The third-order valence-corrected chi connectivity index (χ3v) is 6.58. The molecule has 0 fully saturated rings. The first-order valence-electron chi connectivity index (χ1n) is 11.6. The number of carbonyl (C=O) groups excluding carboxylic acids is 2. The Morgan fingerprint density at radius 1 is 0.914 bits per heavy atom. The molecule has 7 nitrogen and oxygen atoms in total. The summed E-state index contributed by atoms with van der Waals surface area (Å²) < 4.78 is 5.60. The van der Waals surface area contributed by atoms with Crippen LogP contribution in [0.2, 0.25) is 0 Å². The Kier molecular flexibility index (Phi) is 6.87. The number of alkyl carbamates (subject to hydrolysis) is 1. The van der Waals surface area contributed by atoms with Gasteiger partial charge in [-0.1, -0.05) is 85.8 Å². The maximum atomic E-state index is 13.1. The van der Waals surface area contributed by atoms with E-state index in [1.165, 1.54) is 6.92 Å². The molecule has 0 saturated carbocycles. The van der Waals surface area contributed by atoms with E-state index in [2.05, 4.69) is 22.8 Å². The second-order valence-electron chi connectivity index (χ2n) is 8.79. The molecule has 180 valence electrons. The molecule has 0 radical (unpaired) electrons. The Balaban J connectivity index is 1.50. The van der Waals surface area contributed by atoms with E-state index in [9.17, 15) is 19.5 Å². The number of aliphatic carboxylic acids is 1. The Labute approximate surface area is 204 Å². The molecule has 0 saturated heterocycles. The lowest BCUT2D eigenvalue weighted by atomic mass is 9.97. The summed E-state index contributed by atoms with van der Waals surface area (Å²) in [5, 5.41) is 14.7. The fraction of sp³-hybridized carbons (Fsp3) is 0.250. The zero-order valence-electron chi connectivity index (χ0n) is 19.7. The summed E-state index contributed by atoms with van der Waals surface area (Å²) in [6.07, 6.45) is -0.579. The van der Waals surface area contributed by atoms with E-state index in [4.69, 9.17) is 4.74 Å². The van der Waals surface area contributed by atoms with E-state index in [1.807, 2.05) is 36.4 Å². The molecule has 2 amide bonds. The van der Waals surface area contributed by atoms with Crippen molar-refractivity contribution in [1.82, 2.24) is 10.6 Å². The van der Waals surface area contributed by atoms with Crippen LogP contribution in [-0.2, 0) is 14.3 Å². The van der Waals surface area contributed by atoms with Gasteiger partial charge in [-0.15, -0.1) is 0 Å². The van der Waals surface area contributed by atoms with Crippen LogP contribution in [0.25, 0.3) is 11.1 Å². The minimum Gasteiger partial charge on any atom is -0.480 e. The van der Waals surface area contributed by atoms with Gasteiger partial charge in [0.05, 0.1) is 0 Å². The number of rotatable bonds is 8. The summed E-state index contributed by atoms with van der Waals surface area (Å²) in [6.45, 7) is 3.21. The molecule has 7 heteroatoms. The number of hydrogen-bond acceptors (Lipinski definition) is 4. The molecule has 0 spiro atoms. The molecule has 2 atom stereocenters. The summed E-state index contributed by atoms with van der Waals surface area (Å²) in [7, 11) is 0. The Morgan fingerprint density at radius 3 is 2.00 bits per heavy atom. The van der Waals surface area contributed by atoms with Gasteiger partial charge in [-0.3, -0.25) is 4.79 Å². The molecular weight excluding hydrogens is 444 g/mol. The smallest absolute Gasteiger partial charge is 0.408 e. The van der Waals surface area contributed by atoms with Crippen molar-refractivity contribution in [1.29, 1.82) is 0 Å². The highest BCUT2D eigenvalue weighted by Gasteiger charge is 2.36. The molecule has 1 aliphatic carbocycles. The third kappa shape index (κ3) is 4.89. The fourth-order valence-corrected chi connectivity index (χ4v) is 4.34. The van der Waals surface area contributed by atoms with Crippen LogP contribution in [0.4, 0.5) is 4.79 Å². The van der Waals surface area contributed by atoms with Crippen molar-refractivity contribution in [2.24, 2.45) is 0 Å². The fourth-order valence-electron chi connectivity index (χ4n) is 4.34. The van der Waals surface area contributed by atoms with Crippen molar-refractivity contribution in [2.75, 3.05) is 6.61 Å². The number of ether oxygens (including phenoxy) is 1. The average molecular weight is 473 g/mol. The molecule has 0 bridgehead atoms. The first-order valence-corrected chi connectivity index (χ1v) is 11.6. The highest BCUT2D eigenvalue weighted by molar-refractivity contribution is 5.91.